The fourth-order valence-corrected chi connectivity index (χ4v) is 6.42. The second-order valence-corrected chi connectivity index (χ2v) is 10.6. The van der Waals surface area contributed by atoms with Crippen molar-refractivity contribution in [1.82, 2.24) is 14.6 Å². The van der Waals surface area contributed by atoms with Gasteiger partial charge in [0.1, 0.15) is 16.3 Å². The van der Waals surface area contributed by atoms with Gasteiger partial charge in [0.25, 0.3) is 11.5 Å². The lowest BCUT2D eigenvalue weighted by molar-refractivity contribution is -0.130. The van der Waals surface area contributed by atoms with Gasteiger partial charge in [-0.1, -0.05) is 17.8 Å². The molecule has 0 radical (unpaired) electrons. The third-order valence-electron chi connectivity index (χ3n) is 5.54. The number of furan rings is 1. The highest BCUT2D eigenvalue weighted by molar-refractivity contribution is 7.99. The SMILES string of the molecule is Cc1sc2nc(SCC(=O)N3N=C(c4ccco4)CC3c3cccs3)n(C)c(=O)c2c1C. The first-order valence-electron chi connectivity index (χ1n) is 10.0. The monoisotopic (exact) mass is 484 g/mol. The number of aryl methyl sites for hydroxylation is 2. The molecule has 0 saturated carbocycles. The molecule has 0 aliphatic carbocycles. The first-order valence-corrected chi connectivity index (χ1v) is 12.7. The second kappa shape index (κ2) is 8.34. The van der Waals surface area contributed by atoms with Crippen LogP contribution in [0.4, 0.5) is 0 Å². The summed E-state index contributed by atoms with van der Waals surface area (Å²) in [6, 6.07) is 7.50. The van der Waals surface area contributed by atoms with Crippen LogP contribution in [0.25, 0.3) is 10.2 Å². The minimum absolute atomic E-state index is 0.0810. The van der Waals surface area contributed by atoms with Crippen LogP contribution in [0.15, 0.2) is 55.4 Å². The third kappa shape index (κ3) is 3.62. The molecule has 0 aromatic carbocycles. The van der Waals surface area contributed by atoms with Gasteiger partial charge in [0.2, 0.25) is 0 Å². The van der Waals surface area contributed by atoms with Crippen molar-refractivity contribution < 1.29 is 9.21 Å². The van der Waals surface area contributed by atoms with E-state index in [1.807, 2.05) is 43.5 Å². The van der Waals surface area contributed by atoms with E-state index in [9.17, 15) is 9.59 Å². The van der Waals surface area contributed by atoms with Gasteiger partial charge in [-0.05, 0) is 43.0 Å². The highest BCUT2D eigenvalue weighted by atomic mass is 32.2. The van der Waals surface area contributed by atoms with Crippen molar-refractivity contribution in [2.45, 2.75) is 31.5 Å². The minimum Gasteiger partial charge on any atom is -0.463 e. The molecule has 164 valence electrons. The van der Waals surface area contributed by atoms with E-state index in [0.29, 0.717) is 27.6 Å². The van der Waals surface area contributed by atoms with E-state index in [2.05, 4.69) is 10.1 Å². The van der Waals surface area contributed by atoms with Crippen LogP contribution in [0.5, 0.6) is 0 Å². The Balaban J connectivity index is 1.41. The van der Waals surface area contributed by atoms with Crippen LogP contribution in [-0.2, 0) is 11.8 Å². The van der Waals surface area contributed by atoms with Crippen molar-refractivity contribution in [1.29, 1.82) is 0 Å². The van der Waals surface area contributed by atoms with E-state index >= 15 is 0 Å². The summed E-state index contributed by atoms with van der Waals surface area (Å²) in [6.45, 7) is 3.93. The highest BCUT2D eigenvalue weighted by Gasteiger charge is 2.34. The number of hydrogen-bond acceptors (Lipinski definition) is 8. The van der Waals surface area contributed by atoms with Gasteiger partial charge in [-0.25, -0.2) is 9.99 Å². The first-order chi connectivity index (χ1) is 15.4. The van der Waals surface area contributed by atoms with Crippen LogP contribution < -0.4 is 5.56 Å². The van der Waals surface area contributed by atoms with Crippen LogP contribution in [0, 0.1) is 13.8 Å². The molecule has 7 nitrogen and oxygen atoms in total. The molecule has 0 N–H and O–H groups in total. The van der Waals surface area contributed by atoms with Crippen LogP contribution in [-0.4, -0.2) is 31.9 Å². The molecule has 0 spiro atoms. The molecule has 1 aliphatic heterocycles. The number of carbonyl (C=O) groups is 1. The number of hydrazone groups is 1. The van der Waals surface area contributed by atoms with Gasteiger partial charge in [0, 0.05) is 23.2 Å². The Morgan fingerprint density at radius 1 is 1.31 bits per heavy atom. The van der Waals surface area contributed by atoms with Gasteiger partial charge in [0.05, 0.1) is 23.4 Å². The maximum Gasteiger partial charge on any atom is 0.262 e. The molecule has 4 aromatic rings. The molecule has 0 fully saturated rings. The number of thiophene rings is 2. The number of fused-ring (bicyclic) bond motifs is 1. The molecule has 4 aromatic heterocycles. The number of thioether (sulfide) groups is 1. The van der Waals surface area contributed by atoms with Gasteiger partial charge in [-0.3, -0.25) is 14.2 Å². The van der Waals surface area contributed by atoms with E-state index in [0.717, 1.165) is 21.0 Å². The fourth-order valence-electron chi connectivity index (χ4n) is 3.71. The number of nitrogens with zero attached hydrogens (tertiary/aromatic N) is 4. The van der Waals surface area contributed by atoms with E-state index in [-0.39, 0.29) is 23.3 Å². The smallest absolute Gasteiger partial charge is 0.262 e. The predicted molar refractivity (Wildman–Crippen MR) is 129 cm³/mol. The van der Waals surface area contributed by atoms with Crippen LogP contribution in [0.1, 0.15) is 33.5 Å². The molecule has 5 rings (SSSR count). The highest BCUT2D eigenvalue weighted by Crippen LogP contribution is 2.36. The number of amides is 1. The standard InChI is InChI=1S/C22H20N4O3S3/c1-12-13(2)32-20-19(12)21(28)25(3)22(23-20)31-11-18(27)26-15(17-7-5-9-30-17)10-14(24-26)16-6-4-8-29-16/h4-9,15H,10-11H2,1-3H3. The molecule has 1 atom stereocenters. The van der Waals surface area contributed by atoms with Crippen molar-refractivity contribution in [3.8, 4) is 0 Å². The van der Waals surface area contributed by atoms with E-state index in [1.54, 1.807) is 29.7 Å². The zero-order valence-corrected chi connectivity index (χ0v) is 20.1. The Morgan fingerprint density at radius 3 is 2.88 bits per heavy atom. The van der Waals surface area contributed by atoms with E-state index < -0.39 is 0 Å². The summed E-state index contributed by atoms with van der Waals surface area (Å²) < 4.78 is 7.03. The van der Waals surface area contributed by atoms with Gasteiger partial charge in [0.15, 0.2) is 5.16 Å². The number of carbonyl (C=O) groups excluding carboxylic acids is 1. The van der Waals surface area contributed by atoms with Gasteiger partial charge in [-0.15, -0.1) is 22.7 Å². The molecule has 32 heavy (non-hydrogen) atoms. The maximum atomic E-state index is 13.2. The summed E-state index contributed by atoms with van der Waals surface area (Å²) in [5.41, 5.74) is 1.65. The normalized spacial score (nSPS) is 16.2. The van der Waals surface area contributed by atoms with Crippen molar-refractivity contribution in [3.05, 3.63) is 67.3 Å². The molecular formula is C22H20N4O3S3. The first kappa shape index (κ1) is 21.2. The van der Waals surface area contributed by atoms with Crippen molar-refractivity contribution in [2.24, 2.45) is 12.1 Å². The predicted octanol–water partition coefficient (Wildman–Crippen LogP) is 4.74. The quantitative estimate of drug-likeness (QED) is 0.302. The molecule has 0 saturated heterocycles. The Hall–Kier alpha value is -2.69. The van der Waals surface area contributed by atoms with Gasteiger partial charge >= 0.3 is 0 Å². The second-order valence-electron chi connectivity index (χ2n) is 7.51. The Kier molecular flexibility index (Phi) is 5.52. The number of rotatable bonds is 5. The lowest BCUT2D eigenvalue weighted by atomic mass is 10.1. The average Bonchev–Trinajstić information content (AvgIpc) is 3.57. The largest absolute Gasteiger partial charge is 0.463 e. The fraction of sp³-hybridized carbons (Fsp3) is 0.273. The number of aromatic nitrogens is 2. The Labute approximate surface area is 196 Å². The Morgan fingerprint density at radius 2 is 2.16 bits per heavy atom. The summed E-state index contributed by atoms with van der Waals surface area (Å²) in [5.74, 6) is 0.668. The van der Waals surface area contributed by atoms with Crippen LogP contribution >= 0.6 is 34.4 Å². The zero-order chi connectivity index (χ0) is 22.4. The lowest BCUT2D eigenvalue weighted by Crippen LogP contribution is -2.28. The van der Waals surface area contributed by atoms with Crippen LogP contribution in [0.2, 0.25) is 0 Å². The van der Waals surface area contributed by atoms with E-state index in [4.69, 9.17) is 4.42 Å². The molecule has 1 aliphatic rings. The summed E-state index contributed by atoms with van der Waals surface area (Å²) in [4.78, 5) is 33.6. The van der Waals surface area contributed by atoms with Crippen molar-refractivity contribution in [2.75, 3.05) is 5.75 Å². The Bertz CT molecular complexity index is 1380. The average molecular weight is 485 g/mol. The van der Waals surface area contributed by atoms with E-state index in [1.165, 1.54) is 27.7 Å². The topological polar surface area (TPSA) is 80.7 Å². The van der Waals surface area contributed by atoms with Gasteiger partial charge in [-0.2, -0.15) is 5.10 Å². The molecule has 5 heterocycles. The maximum absolute atomic E-state index is 13.2. The third-order valence-corrected chi connectivity index (χ3v) is 8.63. The number of hydrogen-bond donors (Lipinski definition) is 0. The van der Waals surface area contributed by atoms with Crippen molar-refractivity contribution >= 4 is 56.3 Å². The zero-order valence-electron chi connectivity index (χ0n) is 17.7. The summed E-state index contributed by atoms with van der Waals surface area (Å²) in [7, 11) is 1.70. The molecule has 1 unspecified atom stereocenters. The van der Waals surface area contributed by atoms with Crippen molar-refractivity contribution in [3.63, 3.8) is 0 Å². The molecular weight excluding hydrogens is 464 g/mol. The lowest BCUT2D eigenvalue weighted by Gasteiger charge is -2.20. The minimum atomic E-state index is -0.162. The van der Waals surface area contributed by atoms with Gasteiger partial charge < -0.3 is 4.42 Å². The summed E-state index contributed by atoms with van der Waals surface area (Å²) in [5, 5.41) is 9.33. The van der Waals surface area contributed by atoms with Crippen LogP contribution in [0.3, 0.4) is 0 Å². The summed E-state index contributed by atoms with van der Waals surface area (Å²) >= 11 is 4.37. The molecule has 10 heteroatoms. The summed E-state index contributed by atoms with van der Waals surface area (Å²) in [6.07, 6.45) is 2.20. The molecule has 1 amide bonds. The molecule has 0 bridgehead atoms.